The molecule has 1 aliphatic heterocycles. The summed E-state index contributed by atoms with van der Waals surface area (Å²) in [4.78, 5) is 16.7. The van der Waals surface area contributed by atoms with E-state index in [9.17, 15) is 4.79 Å². The third-order valence-electron chi connectivity index (χ3n) is 5.60. The Morgan fingerprint density at radius 2 is 1.67 bits per heavy atom. The van der Waals surface area contributed by atoms with Crippen molar-refractivity contribution < 1.29 is 4.79 Å². The third-order valence-corrected chi connectivity index (χ3v) is 5.60. The molecule has 154 valence electrons. The number of hydrogen-bond donors (Lipinski definition) is 1. The number of nitrogens with zero attached hydrogens (tertiary/aromatic N) is 4. The average Bonchev–Trinajstić information content (AvgIpc) is 2.80. The van der Waals surface area contributed by atoms with Crippen molar-refractivity contribution in [2.75, 3.05) is 36.4 Å². The molecule has 1 aliphatic rings. The van der Waals surface area contributed by atoms with Crippen LogP contribution in [0.25, 0.3) is 11.3 Å². The minimum atomic E-state index is -0.0449. The molecule has 2 aromatic carbocycles. The van der Waals surface area contributed by atoms with E-state index in [1.807, 2.05) is 53.4 Å². The number of piperazine rings is 1. The summed E-state index contributed by atoms with van der Waals surface area (Å²) in [7, 11) is 0. The van der Waals surface area contributed by atoms with Crippen LogP contribution >= 0.6 is 0 Å². The minimum absolute atomic E-state index is 0.0449. The Hall–Kier alpha value is -3.41. The molecule has 0 radical (unpaired) electrons. The van der Waals surface area contributed by atoms with Crippen molar-refractivity contribution in [3.8, 4) is 11.3 Å². The molecule has 1 fully saturated rings. The van der Waals surface area contributed by atoms with Crippen LogP contribution in [0.3, 0.4) is 0 Å². The summed E-state index contributed by atoms with van der Waals surface area (Å²) < 4.78 is 0. The first-order valence-electron chi connectivity index (χ1n) is 10.4. The normalized spacial score (nSPS) is 13.9. The number of benzene rings is 2. The molecule has 1 N–H and O–H groups in total. The number of urea groups is 1. The SMILES string of the molecule is CCc1ccccc1NC(=O)N1CCN(c2ccc(-c3ccccc3C)nn2)CC1. The van der Waals surface area contributed by atoms with Crippen molar-refractivity contribution >= 4 is 17.5 Å². The molecule has 0 aliphatic carbocycles. The van der Waals surface area contributed by atoms with Crippen molar-refractivity contribution in [1.82, 2.24) is 15.1 Å². The lowest BCUT2D eigenvalue weighted by Crippen LogP contribution is -2.50. The highest BCUT2D eigenvalue weighted by atomic mass is 16.2. The van der Waals surface area contributed by atoms with Crippen molar-refractivity contribution in [2.45, 2.75) is 20.3 Å². The molecule has 0 atom stereocenters. The molecule has 0 bridgehead atoms. The maximum atomic E-state index is 12.7. The number of aryl methyl sites for hydroxylation is 2. The molecule has 6 nitrogen and oxygen atoms in total. The van der Waals surface area contributed by atoms with Gasteiger partial charge in [-0.3, -0.25) is 0 Å². The van der Waals surface area contributed by atoms with Crippen LogP contribution in [0.1, 0.15) is 18.1 Å². The first kappa shape index (κ1) is 19.9. The number of aromatic nitrogens is 2. The lowest BCUT2D eigenvalue weighted by Gasteiger charge is -2.35. The zero-order valence-corrected chi connectivity index (χ0v) is 17.5. The van der Waals surface area contributed by atoms with Gasteiger partial charge in [-0.25, -0.2) is 4.79 Å². The Kier molecular flexibility index (Phi) is 5.93. The number of carbonyl (C=O) groups is 1. The Labute approximate surface area is 177 Å². The van der Waals surface area contributed by atoms with E-state index in [0.29, 0.717) is 13.1 Å². The van der Waals surface area contributed by atoms with Crippen molar-refractivity contribution in [3.05, 3.63) is 71.8 Å². The first-order chi connectivity index (χ1) is 14.7. The third kappa shape index (κ3) is 4.27. The maximum absolute atomic E-state index is 12.7. The number of para-hydroxylation sites is 1. The summed E-state index contributed by atoms with van der Waals surface area (Å²) in [5.41, 5.74) is 5.21. The van der Waals surface area contributed by atoms with E-state index in [4.69, 9.17) is 0 Å². The lowest BCUT2D eigenvalue weighted by atomic mass is 10.1. The molecule has 0 spiro atoms. The predicted octanol–water partition coefficient (Wildman–Crippen LogP) is 4.37. The van der Waals surface area contributed by atoms with E-state index in [2.05, 4.69) is 46.4 Å². The van der Waals surface area contributed by atoms with Crippen LogP contribution in [0, 0.1) is 6.92 Å². The molecule has 30 heavy (non-hydrogen) atoms. The number of amides is 2. The highest BCUT2D eigenvalue weighted by molar-refractivity contribution is 5.90. The molecule has 2 heterocycles. The summed E-state index contributed by atoms with van der Waals surface area (Å²) in [6.07, 6.45) is 0.890. The van der Waals surface area contributed by atoms with Crippen LogP contribution < -0.4 is 10.2 Å². The van der Waals surface area contributed by atoms with E-state index < -0.39 is 0 Å². The molecule has 6 heteroatoms. The first-order valence-corrected chi connectivity index (χ1v) is 10.4. The lowest BCUT2D eigenvalue weighted by molar-refractivity contribution is 0.208. The van der Waals surface area contributed by atoms with E-state index in [1.54, 1.807) is 0 Å². The molecule has 3 aromatic rings. The second kappa shape index (κ2) is 8.95. The highest BCUT2D eigenvalue weighted by Gasteiger charge is 2.22. The van der Waals surface area contributed by atoms with Gasteiger partial charge in [0.15, 0.2) is 5.82 Å². The number of carbonyl (C=O) groups excluding carboxylic acids is 1. The van der Waals surface area contributed by atoms with Gasteiger partial charge < -0.3 is 15.1 Å². The van der Waals surface area contributed by atoms with Gasteiger partial charge in [0.05, 0.1) is 5.69 Å². The summed E-state index contributed by atoms with van der Waals surface area (Å²) in [5, 5.41) is 11.9. The van der Waals surface area contributed by atoms with E-state index in [1.165, 1.54) is 5.56 Å². The standard InChI is InChI=1S/C24H27N5O/c1-3-19-9-5-7-11-21(19)25-24(30)29-16-14-28(15-17-29)23-13-12-22(26-27-23)20-10-6-4-8-18(20)2/h4-13H,3,14-17H2,1-2H3,(H,25,30). The summed E-state index contributed by atoms with van der Waals surface area (Å²) in [6, 6.07) is 20.1. The summed E-state index contributed by atoms with van der Waals surface area (Å²) >= 11 is 0. The molecule has 0 unspecified atom stereocenters. The molecular formula is C24H27N5O. The van der Waals surface area contributed by atoms with Gasteiger partial charge >= 0.3 is 6.03 Å². The molecule has 0 saturated carbocycles. The van der Waals surface area contributed by atoms with Crippen molar-refractivity contribution in [1.29, 1.82) is 0 Å². The highest BCUT2D eigenvalue weighted by Crippen LogP contribution is 2.22. The van der Waals surface area contributed by atoms with Gasteiger partial charge in [-0.05, 0) is 42.7 Å². The van der Waals surface area contributed by atoms with Gasteiger partial charge in [0.1, 0.15) is 0 Å². The number of nitrogens with one attached hydrogen (secondary N) is 1. The predicted molar refractivity (Wildman–Crippen MR) is 121 cm³/mol. The zero-order valence-electron chi connectivity index (χ0n) is 17.5. The fourth-order valence-corrected chi connectivity index (χ4v) is 3.78. The van der Waals surface area contributed by atoms with E-state index >= 15 is 0 Å². The quantitative estimate of drug-likeness (QED) is 0.705. The van der Waals surface area contributed by atoms with E-state index in [0.717, 1.165) is 47.8 Å². The largest absolute Gasteiger partial charge is 0.352 e. The van der Waals surface area contributed by atoms with Crippen LogP contribution in [0.4, 0.5) is 16.3 Å². The molecule has 1 saturated heterocycles. The minimum Gasteiger partial charge on any atom is -0.352 e. The van der Waals surface area contributed by atoms with Crippen LogP contribution in [-0.2, 0) is 6.42 Å². The van der Waals surface area contributed by atoms with Gasteiger partial charge in [-0.2, -0.15) is 0 Å². The zero-order chi connectivity index (χ0) is 20.9. The number of rotatable bonds is 4. The van der Waals surface area contributed by atoms with Gasteiger partial charge in [-0.1, -0.05) is 49.4 Å². The van der Waals surface area contributed by atoms with Crippen LogP contribution in [0.2, 0.25) is 0 Å². The Bertz CT molecular complexity index is 1010. The van der Waals surface area contributed by atoms with Crippen molar-refractivity contribution in [3.63, 3.8) is 0 Å². The average molecular weight is 402 g/mol. The second-order valence-electron chi connectivity index (χ2n) is 7.51. The molecular weight excluding hydrogens is 374 g/mol. The molecule has 1 aromatic heterocycles. The van der Waals surface area contributed by atoms with Gasteiger partial charge in [0, 0.05) is 37.4 Å². The maximum Gasteiger partial charge on any atom is 0.321 e. The fraction of sp³-hybridized carbons (Fsp3) is 0.292. The molecule has 4 rings (SSSR count). The topological polar surface area (TPSA) is 61.4 Å². The number of anilines is 2. The van der Waals surface area contributed by atoms with Crippen LogP contribution in [0.5, 0.6) is 0 Å². The Morgan fingerprint density at radius 1 is 0.933 bits per heavy atom. The van der Waals surface area contributed by atoms with Gasteiger partial charge in [0.25, 0.3) is 0 Å². The summed E-state index contributed by atoms with van der Waals surface area (Å²) in [6.45, 7) is 6.95. The van der Waals surface area contributed by atoms with Crippen LogP contribution in [0.15, 0.2) is 60.7 Å². The Balaban J connectivity index is 1.36. The van der Waals surface area contributed by atoms with Crippen molar-refractivity contribution in [2.24, 2.45) is 0 Å². The van der Waals surface area contributed by atoms with Gasteiger partial charge in [0.2, 0.25) is 0 Å². The monoisotopic (exact) mass is 401 g/mol. The smallest absolute Gasteiger partial charge is 0.321 e. The van der Waals surface area contributed by atoms with Crippen LogP contribution in [-0.4, -0.2) is 47.3 Å². The van der Waals surface area contributed by atoms with Gasteiger partial charge in [-0.15, -0.1) is 10.2 Å². The fourth-order valence-electron chi connectivity index (χ4n) is 3.78. The second-order valence-corrected chi connectivity index (χ2v) is 7.51. The molecule has 2 amide bonds. The summed E-state index contributed by atoms with van der Waals surface area (Å²) in [5.74, 6) is 0.851. The number of hydrogen-bond acceptors (Lipinski definition) is 4. The van der Waals surface area contributed by atoms with E-state index in [-0.39, 0.29) is 6.03 Å². The Morgan fingerprint density at radius 3 is 2.37 bits per heavy atom.